The summed E-state index contributed by atoms with van der Waals surface area (Å²) in [5.41, 5.74) is 1.18. The average Bonchev–Trinajstić information content (AvgIpc) is 3.39. The summed E-state index contributed by atoms with van der Waals surface area (Å²) in [6.45, 7) is 1.92. The highest BCUT2D eigenvalue weighted by Gasteiger charge is 2.68. The number of carbonyl (C=O) groups excluding carboxylic acids is 2. The molecule has 2 fully saturated rings. The van der Waals surface area contributed by atoms with Crippen LogP contribution in [0.4, 0.5) is 0 Å². The zero-order chi connectivity index (χ0) is 27.0. The maximum atomic E-state index is 14.0. The van der Waals surface area contributed by atoms with E-state index in [2.05, 4.69) is 5.32 Å². The van der Waals surface area contributed by atoms with Crippen LogP contribution in [-0.2, 0) is 27.3 Å². The minimum absolute atomic E-state index is 0.0382. The van der Waals surface area contributed by atoms with E-state index in [0.29, 0.717) is 17.1 Å². The normalized spacial score (nSPS) is 24.4. The van der Waals surface area contributed by atoms with E-state index >= 15 is 0 Å². The summed E-state index contributed by atoms with van der Waals surface area (Å²) in [4.78, 5) is 42.2. The zero-order valence-corrected chi connectivity index (χ0v) is 21.5. The van der Waals surface area contributed by atoms with Gasteiger partial charge in [-0.1, -0.05) is 66.7 Å². The number of aliphatic carboxylic acids is 1. The second kappa shape index (κ2) is 9.95. The van der Waals surface area contributed by atoms with E-state index in [1.165, 1.54) is 12.0 Å². The van der Waals surface area contributed by atoms with E-state index in [4.69, 9.17) is 9.47 Å². The van der Waals surface area contributed by atoms with Gasteiger partial charge in [0, 0.05) is 23.6 Å². The Hall–Kier alpha value is -4.17. The number of hydrogen-bond acceptors (Lipinski definition) is 6. The monoisotopic (exact) mass is 514 g/mol. The molecular formula is C30H30N2O6. The molecule has 2 aliphatic rings. The summed E-state index contributed by atoms with van der Waals surface area (Å²) in [5.74, 6) is -2.99. The van der Waals surface area contributed by atoms with Gasteiger partial charge in [-0.3, -0.25) is 24.6 Å². The Morgan fingerprint density at radius 3 is 2.13 bits per heavy atom. The molecule has 0 bridgehead atoms. The molecule has 0 spiro atoms. The fourth-order valence-corrected chi connectivity index (χ4v) is 6.04. The molecule has 38 heavy (non-hydrogen) atoms. The zero-order valence-electron chi connectivity index (χ0n) is 21.5. The van der Waals surface area contributed by atoms with Crippen molar-refractivity contribution in [2.24, 2.45) is 11.8 Å². The van der Waals surface area contributed by atoms with Crippen LogP contribution < -0.4 is 14.8 Å². The third-order valence-electron chi connectivity index (χ3n) is 7.78. The SMILES string of the molecule is COc1ccc(C2NC(Cc3ccccc3)(C(=O)O)C3C(=O)N(Cc4ccccc4)C(=O)C23)c(OC)c1C. The molecule has 3 aromatic rings. The fraction of sp³-hybridized carbons (Fsp3) is 0.300. The van der Waals surface area contributed by atoms with Gasteiger partial charge in [-0.15, -0.1) is 0 Å². The lowest BCUT2D eigenvalue weighted by Crippen LogP contribution is -2.57. The number of hydrogen-bond donors (Lipinski definition) is 2. The molecule has 2 N–H and O–H groups in total. The molecule has 0 aliphatic carbocycles. The number of likely N-dealkylation sites (tertiary alicyclic amines) is 1. The van der Waals surface area contributed by atoms with Crippen LogP contribution in [0.5, 0.6) is 11.5 Å². The molecular weight excluding hydrogens is 484 g/mol. The molecule has 0 aromatic heterocycles. The highest BCUT2D eigenvalue weighted by atomic mass is 16.5. The van der Waals surface area contributed by atoms with Crippen LogP contribution in [0.1, 0.15) is 28.3 Å². The van der Waals surface area contributed by atoms with Crippen LogP contribution in [0.15, 0.2) is 72.8 Å². The molecule has 8 nitrogen and oxygen atoms in total. The number of methoxy groups -OCH3 is 2. The summed E-state index contributed by atoms with van der Waals surface area (Å²) in [6.07, 6.45) is 0.0382. The largest absolute Gasteiger partial charge is 0.496 e. The van der Waals surface area contributed by atoms with Gasteiger partial charge in [-0.2, -0.15) is 0 Å². The van der Waals surface area contributed by atoms with Crippen molar-refractivity contribution >= 4 is 17.8 Å². The van der Waals surface area contributed by atoms with Crippen LogP contribution >= 0.6 is 0 Å². The summed E-state index contributed by atoms with van der Waals surface area (Å²) >= 11 is 0. The van der Waals surface area contributed by atoms with Gasteiger partial charge in [0.15, 0.2) is 0 Å². The van der Waals surface area contributed by atoms with Crippen LogP contribution in [0.25, 0.3) is 0 Å². The predicted molar refractivity (Wildman–Crippen MR) is 140 cm³/mol. The quantitative estimate of drug-likeness (QED) is 0.443. The molecule has 2 heterocycles. The van der Waals surface area contributed by atoms with E-state index < -0.39 is 41.2 Å². The summed E-state index contributed by atoms with van der Waals surface area (Å²) < 4.78 is 11.2. The Kier molecular flexibility index (Phi) is 6.67. The second-order valence-electron chi connectivity index (χ2n) is 9.83. The van der Waals surface area contributed by atoms with Crippen molar-refractivity contribution in [2.45, 2.75) is 31.5 Å². The Labute approximate surface area is 221 Å². The maximum absolute atomic E-state index is 14.0. The molecule has 3 aromatic carbocycles. The van der Waals surface area contributed by atoms with Crippen LogP contribution in [-0.4, -0.2) is 47.5 Å². The molecule has 8 heteroatoms. The number of carbonyl (C=O) groups is 3. The topological polar surface area (TPSA) is 105 Å². The minimum Gasteiger partial charge on any atom is -0.496 e. The van der Waals surface area contributed by atoms with Crippen molar-refractivity contribution in [3.63, 3.8) is 0 Å². The van der Waals surface area contributed by atoms with Gasteiger partial charge in [0.25, 0.3) is 0 Å². The standard InChI is InChI=1S/C30H30N2O6/c1-18-22(37-2)15-14-21(26(18)38-3)25-23-24(28(34)32(27(23)33)17-20-12-8-5-9-13-20)30(31-25,29(35)36)16-19-10-6-4-7-11-19/h4-15,23-25,31H,16-17H2,1-3H3,(H,35,36). The van der Waals surface area contributed by atoms with Crippen molar-refractivity contribution in [1.29, 1.82) is 0 Å². The smallest absolute Gasteiger partial charge is 0.325 e. The summed E-state index contributed by atoms with van der Waals surface area (Å²) in [5, 5.41) is 14.0. The molecule has 0 saturated carbocycles. The van der Waals surface area contributed by atoms with Crippen LogP contribution in [0, 0.1) is 18.8 Å². The minimum atomic E-state index is -1.70. The third-order valence-corrected chi connectivity index (χ3v) is 7.78. The van der Waals surface area contributed by atoms with Gasteiger partial charge in [-0.05, 0) is 24.1 Å². The van der Waals surface area contributed by atoms with Crippen molar-refractivity contribution < 1.29 is 29.0 Å². The highest BCUT2D eigenvalue weighted by Crippen LogP contribution is 2.52. The van der Waals surface area contributed by atoms with Gasteiger partial charge >= 0.3 is 5.97 Å². The molecule has 5 rings (SSSR count). The predicted octanol–water partition coefficient (Wildman–Crippen LogP) is 3.52. The van der Waals surface area contributed by atoms with Crippen molar-refractivity contribution in [3.8, 4) is 11.5 Å². The first kappa shape index (κ1) is 25.5. The van der Waals surface area contributed by atoms with Crippen LogP contribution in [0.3, 0.4) is 0 Å². The molecule has 2 saturated heterocycles. The van der Waals surface area contributed by atoms with Gasteiger partial charge in [0.05, 0.1) is 32.6 Å². The number of ether oxygens (including phenoxy) is 2. The number of carboxylic acid groups (broad SMARTS) is 1. The number of nitrogens with one attached hydrogen (secondary N) is 1. The van der Waals surface area contributed by atoms with E-state index in [1.54, 1.807) is 19.2 Å². The molecule has 4 atom stereocenters. The number of rotatable bonds is 8. The van der Waals surface area contributed by atoms with Gasteiger partial charge < -0.3 is 14.6 Å². The van der Waals surface area contributed by atoms with E-state index in [1.807, 2.05) is 67.6 Å². The first-order valence-electron chi connectivity index (χ1n) is 12.5. The van der Waals surface area contributed by atoms with Crippen molar-refractivity contribution in [1.82, 2.24) is 10.2 Å². The molecule has 196 valence electrons. The Bertz CT molecular complexity index is 1380. The fourth-order valence-electron chi connectivity index (χ4n) is 6.04. The highest BCUT2D eigenvalue weighted by molar-refractivity contribution is 6.09. The first-order chi connectivity index (χ1) is 18.3. The number of benzene rings is 3. The second-order valence-corrected chi connectivity index (χ2v) is 9.83. The average molecular weight is 515 g/mol. The number of imide groups is 1. The Morgan fingerprint density at radius 2 is 1.55 bits per heavy atom. The van der Waals surface area contributed by atoms with Crippen LogP contribution in [0.2, 0.25) is 0 Å². The molecule has 2 aliphatic heterocycles. The van der Waals surface area contributed by atoms with Crippen molar-refractivity contribution in [2.75, 3.05) is 14.2 Å². The van der Waals surface area contributed by atoms with E-state index in [9.17, 15) is 19.5 Å². The summed E-state index contributed by atoms with van der Waals surface area (Å²) in [6, 6.07) is 21.2. The molecule has 4 unspecified atom stereocenters. The maximum Gasteiger partial charge on any atom is 0.325 e. The number of nitrogens with zero attached hydrogens (tertiary/aromatic N) is 1. The van der Waals surface area contributed by atoms with E-state index in [0.717, 1.165) is 16.7 Å². The van der Waals surface area contributed by atoms with Gasteiger partial charge in [-0.25, -0.2) is 0 Å². The summed E-state index contributed by atoms with van der Waals surface area (Å²) in [7, 11) is 3.08. The molecule has 0 radical (unpaired) electrons. The number of fused-ring (bicyclic) bond motifs is 1. The lowest BCUT2D eigenvalue weighted by Gasteiger charge is -2.31. The van der Waals surface area contributed by atoms with Gasteiger partial charge in [0.2, 0.25) is 11.8 Å². The van der Waals surface area contributed by atoms with Gasteiger partial charge in [0.1, 0.15) is 17.0 Å². The van der Waals surface area contributed by atoms with Crippen molar-refractivity contribution in [3.05, 3.63) is 95.1 Å². The molecule has 2 amide bonds. The van der Waals surface area contributed by atoms with E-state index in [-0.39, 0.29) is 13.0 Å². The Balaban J connectivity index is 1.65. The first-order valence-corrected chi connectivity index (χ1v) is 12.5. The lowest BCUT2D eigenvalue weighted by atomic mass is 9.76. The third kappa shape index (κ3) is 4.01. The lowest BCUT2D eigenvalue weighted by molar-refractivity contribution is -0.151. The Morgan fingerprint density at radius 1 is 0.921 bits per heavy atom. The number of carboxylic acids is 1. The number of amides is 2.